The van der Waals surface area contributed by atoms with Crippen LogP contribution in [-0.2, 0) is 30.7 Å². The summed E-state index contributed by atoms with van der Waals surface area (Å²) >= 11 is 4.73. The van der Waals surface area contributed by atoms with Crippen molar-refractivity contribution in [2.24, 2.45) is 4.99 Å². The second kappa shape index (κ2) is 10.4. The maximum Gasteiger partial charge on any atom is 0.263 e. The fourth-order valence-electron chi connectivity index (χ4n) is 3.65. The highest BCUT2D eigenvalue weighted by Gasteiger charge is 2.28. The molecule has 0 N–H and O–H groups in total. The summed E-state index contributed by atoms with van der Waals surface area (Å²) in [5, 5.41) is 0. The Hall–Kier alpha value is -1.56. The molecule has 2 amide bonds. The van der Waals surface area contributed by atoms with Crippen LogP contribution in [0.1, 0.15) is 26.2 Å². The van der Waals surface area contributed by atoms with Crippen LogP contribution in [-0.4, -0.2) is 67.5 Å². The van der Waals surface area contributed by atoms with Crippen LogP contribution in [0.15, 0.2) is 27.7 Å². The minimum absolute atomic E-state index is 0.0226. The Balaban J connectivity index is 1.79. The Bertz CT molecular complexity index is 1140. The van der Waals surface area contributed by atoms with Crippen molar-refractivity contribution in [3.8, 4) is 0 Å². The summed E-state index contributed by atoms with van der Waals surface area (Å²) in [6, 6.07) is 5.74. The van der Waals surface area contributed by atoms with E-state index in [9.17, 15) is 18.0 Å². The number of methoxy groups -OCH3 is 1. The zero-order valence-electron chi connectivity index (χ0n) is 17.5. The zero-order chi connectivity index (χ0) is 22.6. The summed E-state index contributed by atoms with van der Waals surface area (Å²) in [6.45, 7) is 3.37. The molecule has 0 spiro atoms. The SMILES string of the molecule is COCCn1c(=NC(=O)CS(=O)(=O)CC(=O)N2CCCCC2C)sc2cc(Br)ccc21. The van der Waals surface area contributed by atoms with Crippen LogP contribution in [0.25, 0.3) is 10.2 Å². The molecule has 3 rings (SSSR count). The highest BCUT2D eigenvalue weighted by molar-refractivity contribution is 9.10. The number of halogens is 1. The minimum atomic E-state index is -3.91. The molecule has 1 atom stereocenters. The molecule has 1 fully saturated rings. The fraction of sp³-hybridized carbons (Fsp3) is 0.550. The van der Waals surface area contributed by atoms with E-state index in [-0.39, 0.29) is 6.04 Å². The summed E-state index contributed by atoms with van der Waals surface area (Å²) in [5.74, 6) is -2.68. The molecule has 0 saturated carbocycles. The van der Waals surface area contributed by atoms with Crippen molar-refractivity contribution in [1.29, 1.82) is 0 Å². The van der Waals surface area contributed by atoms with Crippen molar-refractivity contribution in [2.45, 2.75) is 38.8 Å². The van der Waals surface area contributed by atoms with E-state index in [1.165, 1.54) is 11.3 Å². The molecule has 1 aliphatic heterocycles. The smallest absolute Gasteiger partial charge is 0.263 e. The van der Waals surface area contributed by atoms with Gasteiger partial charge in [-0.1, -0.05) is 27.3 Å². The van der Waals surface area contributed by atoms with E-state index in [1.807, 2.05) is 29.7 Å². The third-order valence-electron chi connectivity index (χ3n) is 5.19. The van der Waals surface area contributed by atoms with E-state index in [0.29, 0.717) is 24.5 Å². The number of fused-ring (bicyclic) bond motifs is 1. The highest BCUT2D eigenvalue weighted by Crippen LogP contribution is 2.22. The molecule has 1 aliphatic rings. The van der Waals surface area contributed by atoms with E-state index in [2.05, 4.69) is 20.9 Å². The predicted molar refractivity (Wildman–Crippen MR) is 124 cm³/mol. The number of ether oxygens (including phenoxy) is 1. The molecule has 170 valence electrons. The maximum atomic E-state index is 12.5. The van der Waals surface area contributed by atoms with Gasteiger partial charge in [-0.15, -0.1) is 0 Å². The Labute approximate surface area is 194 Å². The second-order valence-electron chi connectivity index (χ2n) is 7.61. The Morgan fingerprint density at radius 1 is 1.29 bits per heavy atom. The first-order valence-electron chi connectivity index (χ1n) is 10.1. The van der Waals surface area contributed by atoms with Gasteiger partial charge in [0.2, 0.25) is 5.91 Å². The lowest BCUT2D eigenvalue weighted by Gasteiger charge is -2.33. The number of nitrogens with zero attached hydrogens (tertiary/aromatic N) is 3. The summed E-state index contributed by atoms with van der Waals surface area (Å²) in [6.07, 6.45) is 2.77. The normalized spacial score (nSPS) is 18.0. The third-order valence-corrected chi connectivity index (χ3v) is 8.10. The molecule has 1 saturated heterocycles. The van der Waals surface area contributed by atoms with Crippen molar-refractivity contribution >= 4 is 59.1 Å². The average molecular weight is 532 g/mol. The molecule has 0 aliphatic carbocycles. The summed E-state index contributed by atoms with van der Waals surface area (Å²) < 4.78 is 33.8. The van der Waals surface area contributed by atoms with Gasteiger partial charge in [0.1, 0.15) is 11.5 Å². The largest absolute Gasteiger partial charge is 0.383 e. The molecule has 8 nitrogen and oxygen atoms in total. The van der Waals surface area contributed by atoms with Gasteiger partial charge in [-0.25, -0.2) is 8.42 Å². The third kappa shape index (κ3) is 6.24. The summed E-state index contributed by atoms with van der Waals surface area (Å²) in [7, 11) is -2.33. The predicted octanol–water partition coefficient (Wildman–Crippen LogP) is 2.35. The van der Waals surface area contributed by atoms with Gasteiger partial charge < -0.3 is 14.2 Å². The first-order valence-corrected chi connectivity index (χ1v) is 13.5. The molecular weight excluding hydrogens is 506 g/mol. The lowest BCUT2D eigenvalue weighted by atomic mass is 10.0. The Morgan fingerprint density at radius 3 is 2.77 bits per heavy atom. The topological polar surface area (TPSA) is 98.0 Å². The van der Waals surface area contributed by atoms with Crippen LogP contribution in [0.5, 0.6) is 0 Å². The first-order chi connectivity index (χ1) is 14.7. The van der Waals surface area contributed by atoms with Crippen molar-refractivity contribution < 1.29 is 22.7 Å². The van der Waals surface area contributed by atoms with Crippen molar-refractivity contribution in [3.63, 3.8) is 0 Å². The molecule has 2 aromatic rings. The first kappa shape index (κ1) is 24.1. The number of sulfone groups is 1. The van der Waals surface area contributed by atoms with Crippen LogP contribution in [0.2, 0.25) is 0 Å². The van der Waals surface area contributed by atoms with E-state index in [1.54, 1.807) is 12.0 Å². The van der Waals surface area contributed by atoms with Crippen molar-refractivity contribution in [3.05, 3.63) is 27.5 Å². The quantitative estimate of drug-likeness (QED) is 0.546. The Kier molecular flexibility index (Phi) is 8.06. The van der Waals surface area contributed by atoms with Gasteiger partial charge in [0, 0.05) is 30.7 Å². The molecule has 1 aromatic heterocycles. The summed E-state index contributed by atoms with van der Waals surface area (Å²) in [4.78, 5) is 31.0. The number of thiazole rings is 1. The van der Waals surface area contributed by atoms with Crippen molar-refractivity contribution in [2.75, 3.05) is 31.8 Å². The number of hydrogen-bond acceptors (Lipinski definition) is 6. The number of carbonyl (C=O) groups excluding carboxylic acids is 2. The Morgan fingerprint density at radius 2 is 2.06 bits per heavy atom. The number of likely N-dealkylation sites (tertiary alicyclic amines) is 1. The van der Waals surface area contributed by atoms with Gasteiger partial charge in [-0.2, -0.15) is 4.99 Å². The van der Waals surface area contributed by atoms with Crippen LogP contribution in [0, 0.1) is 0 Å². The minimum Gasteiger partial charge on any atom is -0.383 e. The van der Waals surface area contributed by atoms with E-state index in [4.69, 9.17) is 4.74 Å². The molecule has 0 radical (unpaired) electrons. The van der Waals surface area contributed by atoms with Gasteiger partial charge in [-0.3, -0.25) is 9.59 Å². The van der Waals surface area contributed by atoms with Gasteiger partial charge >= 0.3 is 0 Å². The average Bonchev–Trinajstić information content (AvgIpc) is 3.01. The zero-order valence-corrected chi connectivity index (χ0v) is 20.8. The van der Waals surface area contributed by atoms with Crippen LogP contribution < -0.4 is 4.80 Å². The van der Waals surface area contributed by atoms with E-state index >= 15 is 0 Å². The molecule has 0 bridgehead atoms. The van der Waals surface area contributed by atoms with Gasteiger partial charge in [0.25, 0.3) is 5.91 Å². The standard InChI is InChI=1S/C20H26BrN3O5S2/c1-14-5-3-4-8-23(14)19(26)13-31(27,28)12-18(25)22-20-24(9-10-29-2)16-7-6-15(21)11-17(16)30-20/h6-7,11,14H,3-5,8-10,12-13H2,1-2H3. The number of amides is 2. The second-order valence-corrected chi connectivity index (χ2v) is 11.6. The fourth-order valence-corrected chi connectivity index (χ4v) is 6.36. The molecule has 31 heavy (non-hydrogen) atoms. The number of rotatable bonds is 7. The van der Waals surface area contributed by atoms with Crippen molar-refractivity contribution in [1.82, 2.24) is 9.47 Å². The highest BCUT2D eigenvalue weighted by atomic mass is 79.9. The lowest BCUT2D eigenvalue weighted by Crippen LogP contribution is -2.45. The van der Waals surface area contributed by atoms with E-state index in [0.717, 1.165) is 34.0 Å². The molecule has 2 heterocycles. The lowest BCUT2D eigenvalue weighted by molar-refractivity contribution is -0.131. The van der Waals surface area contributed by atoms with Gasteiger partial charge in [0.15, 0.2) is 14.6 Å². The molecular formula is C20H26BrN3O5S2. The van der Waals surface area contributed by atoms with Crippen LogP contribution in [0.3, 0.4) is 0 Å². The molecule has 1 aromatic carbocycles. The van der Waals surface area contributed by atoms with Gasteiger partial charge in [-0.05, 0) is 44.4 Å². The molecule has 11 heteroatoms. The monoisotopic (exact) mass is 531 g/mol. The number of hydrogen-bond donors (Lipinski definition) is 0. The molecule has 1 unspecified atom stereocenters. The van der Waals surface area contributed by atoms with E-state index < -0.39 is 33.2 Å². The van der Waals surface area contributed by atoms with Crippen LogP contribution >= 0.6 is 27.3 Å². The van der Waals surface area contributed by atoms with Gasteiger partial charge in [0.05, 0.1) is 16.8 Å². The van der Waals surface area contributed by atoms with Crippen LogP contribution in [0.4, 0.5) is 0 Å². The number of carbonyl (C=O) groups is 2. The number of aromatic nitrogens is 1. The maximum absolute atomic E-state index is 12.5. The number of piperidine rings is 1. The number of benzene rings is 1. The summed E-state index contributed by atoms with van der Waals surface area (Å²) in [5.41, 5.74) is 0.883.